The maximum absolute atomic E-state index is 12.5. The van der Waals surface area contributed by atoms with Crippen LogP contribution in [0, 0.1) is 6.92 Å². The number of halogens is 1. The number of esters is 2. The lowest BCUT2D eigenvalue weighted by Gasteiger charge is -2.15. The lowest BCUT2D eigenvalue weighted by Crippen LogP contribution is -2.26. The number of aromatic nitrogens is 3. The molecule has 1 unspecified atom stereocenters. The van der Waals surface area contributed by atoms with Crippen LogP contribution in [0.1, 0.15) is 55.5 Å². The molecule has 34 heavy (non-hydrogen) atoms. The molecule has 0 aliphatic carbocycles. The molecular formula is C25H25BrN4O4. The number of rotatable bonds is 7. The van der Waals surface area contributed by atoms with Crippen LogP contribution in [-0.2, 0) is 19.1 Å². The minimum atomic E-state index is -0.958. The van der Waals surface area contributed by atoms with Crippen LogP contribution in [0.15, 0.2) is 58.3 Å². The molecule has 0 saturated heterocycles. The van der Waals surface area contributed by atoms with E-state index in [0.29, 0.717) is 6.42 Å². The van der Waals surface area contributed by atoms with Gasteiger partial charge in [-0.1, -0.05) is 22.0 Å². The number of hydrogen-bond donors (Lipinski definition) is 0. The molecule has 0 radical (unpaired) electrons. The van der Waals surface area contributed by atoms with E-state index in [1.165, 1.54) is 6.92 Å². The molecule has 1 aliphatic rings. The van der Waals surface area contributed by atoms with Crippen molar-refractivity contribution in [2.24, 2.45) is 4.99 Å². The first kappa shape index (κ1) is 23.8. The van der Waals surface area contributed by atoms with Crippen LogP contribution in [0.5, 0.6) is 0 Å². The van der Waals surface area contributed by atoms with Gasteiger partial charge in [0, 0.05) is 34.5 Å². The summed E-state index contributed by atoms with van der Waals surface area (Å²) in [5, 5.41) is 0. The maximum Gasteiger partial charge on any atom is 0.347 e. The summed E-state index contributed by atoms with van der Waals surface area (Å²) in [6, 6.07) is 11.3. The summed E-state index contributed by atoms with van der Waals surface area (Å²) in [4.78, 5) is 38.5. The average Bonchev–Trinajstić information content (AvgIpc) is 3.14. The Morgan fingerprint density at radius 2 is 2.03 bits per heavy atom. The predicted octanol–water partition coefficient (Wildman–Crippen LogP) is 4.51. The molecule has 0 spiro atoms. The van der Waals surface area contributed by atoms with Crippen LogP contribution >= 0.6 is 15.9 Å². The fourth-order valence-corrected chi connectivity index (χ4v) is 4.26. The first-order valence-electron chi connectivity index (χ1n) is 11.1. The third-order valence-corrected chi connectivity index (χ3v) is 5.95. The van der Waals surface area contributed by atoms with Gasteiger partial charge < -0.3 is 9.47 Å². The smallest absolute Gasteiger partial charge is 0.347 e. The lowest BCUT2D eigenvalue weighted by molar-refractivity contribution is -0.166. The van der Waals surface area contributed by atoms with Gasteiger partial charge in [0.1, 0.15) is 11.9 Å². The van der Waals surface area contributed by atoms with Crippen molar-refractivity contribution in [2.75, 3.05) is 6.61 Å². The zero-order chi connectivity index (χ0) is 24.2. The maximum atomic E-state index is 12.5. The number of imidazole rings is 1. The number of aryl methyl sites for hydroxylation is 1. The molecule has 0 saturated carbocycles. The molecule has 9 heteroatoms. The second-order valence-electron chi connectivity index (χ2n) is 7.89. The Hall–Kier alpha value is -3.33. The van der Waals surface area contributed by atoms with Crippen LogP contribution in [0.25, 0.3) is 5.69 Å². The SMILES string of the molecule is CCOC(=O)C(C)OC(=O)CC[C@@H]1N=C(c2ccccn2)c2cc(Br)ccc2-n2c(C)cnc21. The van der Waals surface area contributed by atoms with E-state index >= 15 is 0 Å². The van der Waals surface area contributed by atoms with Gasteiger partial charge in [0.05, 0.1) is 23.7 Å². The molecule has 0 N–H and O–H groups in total. The molecule has 3 aromatic rings. The largest absolute Gasteiger partial charge is 0.463 e. The molecular weight excluding hydrogens is 500 g/mol. The van der Waals surface area contributed by atoms with Crippen molar-refractivity contribution in [1.29, 1.82) is 0 Å². The Kier molecular flexibility index (Phi) is 7.21. The first-order valence-corrected chi connectivity index (χ1v) is 11.9. The number of fused-ring (bicyclic) bond motifs is 3. The Labute approximate surface area is 206 Å². The van der Waals surface area contributed by atoms with E-state index in [4.69, 9.17) is 14.5 Å². The number of carbonyl (C=O) groups excluding carboxylic acids is 2. The Morgan fingerprint density at radius 3 is 2.76 bits per heavy atom. The molecule has 0 amide bonds. The van der Waals surface area contributed by atoms with E-state index in [-0.39, 0.29) is 13.0 Å². The average molecular weight is 525 g/mol. The third-order valence-electron chi connectivity index (χ3n) is 5.46. The van der Waals surface area contributed by atoms with E-state index in [1.54, 1.807) is 19.3 Å². The van der Waals surface area contributed by atoms with Crippen molar-refractivity contribution < 1.29 is 19.1 Å². The summed E-state index contributed by atoms with van der Waals surface area (Å²) < 4.78 is 13.2. The normalized spacial score (nSPS) is 15.4. The van der Waals surface area contributed by atoms with Gasteiger partial charge in [0.25, 0.3) is 0 Å². The predicted molar refractivity (Wildman–Crippen MR) is 130 cm³/mol. The number of pyridine rings is 1. The summed E-state index contributed by atoms with van der Waals surface area (Å²) in [5.74, 6) is -0.319. The fraction of sp³-hybridized carbons (Fsp3) is 0.320. The van der Waals surface area contributed by atoms with E-state index in [9.17, 15) is 9.59 Å². The lowest BCUT2D eigenvalue weighted by atomic mass is 10.0. The standard InChI is InChI=1S/C25H25BrN4O4/c1-4-33-25(32)16(3)34-22(31)11-9-20-24-28-14-15(2)30(24)21-10-8-17(26)13-18(21)23(29-20)19-7-5-6-12-27-19/h5-8,10,12-14,16,20H,4,9,11H2,1-3H3/t16?,20-/m0/s1. The number of aliphatic imine (C=N–C) groups is 1. The molecule has 2 atom stereocenters. The van der Waals surface area contributed by atoms with E-state index in [0.717, 1.165) is 38.6 Å². The number of hydrogen-bond acceptors (Lipinski definition) is 7. The third kappa shape index (κ3) is 4.94. The minimum Gasteiger partial charge on any atom is -0.463 e. The summed E-state index contributed by atoms with van der Waals surface area (Å²) in [6.45, 7) is 5.42. The molecule has 1 aromatic carbocycles. The van der Waals surface area contributed by atoms with Crippen LogP contribution in [0.4, 0.5) is 0 Å². The van der Waals surface area contributed by atoms with Crippen molar-refractivity contribution in [3.05, 3.63) is 76.0 Å². The van der Waals surface area contributed by atoms with Crippen molar-refractivity contribution in [1.82, 2.24) is 14.5 Å². The second-order valence-corrected chi connectivity index (χ2v) is 8.80. The molecule has 0 fully saturated rings. The van der Waals surface area contributed by atoms with Crippen molar-refractivity contribution in [2.45, 2.75) is 45.8 Å². The number of nitrogens with zero attached hydrogens (tertiary/aromatic N) is 4. The van der Waals surface area contributed by atoms with Crippen molar-refractivity contribution in [3.8, 4) is 5.69 Å². The molecule has 8 nitrogen and oxygen atoms in total. The van der Waals surface area contributed by atoms with Gasteiger partial charge >= 0.3 is 11.9 Å². The summed E-state index contributed by atoms with van der Waals surface area (Å²) in [7, 11) is 0. The topological polar surface area (TPSA) is 95.7 Å². The molecule has 0 bridgehead atoms. The van der Waals surface area contributed by atoms with Gasteiger partial charge in [-0.05, 0) is 57.5 Å². The highest BCUT2D eigenvalue weighted by molar-refractivity contribution is 9.10. The Bertz CT molecular complexity index is 1240. The Balaban J connectivity index is 1.69. The highest BCUT2D eigenvalue weighted by Crippen LogP contribution is 2.34. The summed E-state index contributed by atoms with van der Waals surface area (Å²) in [6.07, 6.45) is 3.00. The van der Waals surface area contributed by atoms with Gasteiger partial charge in [-0.3, -0.25) is 19.3 Å². The van der Waals surface area contributed by atoms with Crippen molar-refractivity contribution >= 4 is 33.6 Å². The van der Waals surface area contributed by atoms with E-state index in [1.807, 2.05) is 43.3 Å². The van der Waals surface area contributed by atoms with Gasteiger partial charge in [0.15, 0.2) is 6.10 Å². The van der Waals surface area contributed by atoms with Crippen molar-refractivity contribution in [3.63, 3.8) is 0 Å². The van der Waals surface area contributed by atoms with Gasteiger partial charge in [-0.2, -0.15) is 0 Å². The van der Waals surface area contributed by atoms with Crippen LogP contribution in [0.3, 0.4) is 0 Å². The monoisotopic (exact) mass is 524 g/mol. The molecule has 176 valence electrons. The zero-order valence-electron chi connectivity index (χ0n) is 19.2. The number of benzene rings is 1. The first-order chi connectivity index (χ1) is 16.4. The molecule has 2 aromatic heterocycles. The second kappa shape index (κ2) is 10.3. The van der Waals surface area contributed by atoms with E-state index < -0.39 is 24.1 Å². The molecule has 3 heterocycles. The summed E-state index contributed by atoms with van der Waals surface area (Å²) in [5.41, 5.74) is 4.27. The minimum absolute atomic E-state index is 0.0688. The van der Waals surface area contributed by atoms with Crippen LogP contribution < -0.4 is 0 Å². The quantitative estimate of drug-likeness (QED) is 0.422. The Morgan fingerprint density at radius 1 is 1.21 bits per heavy atom. The highest BCUT2D eigenvalue weighted by Gasteiger charge is 2.29. The van der Waals surface area contributed by atoms with E-state index in [2.05, 4.69) is 30.5 Å². The van der Waals surface area contributed by atoms with Crippen LogP contribution in [0.2, 0.25) is 0 Å². The molecule has 1 aliphatic heterocycles. The van der Waals surface area contributed by atoms with Gasteiger partial charge in [-0.15, -0.1) is 0 Å². The van der Waals surface area contributed by atoms with Crippen LogP contribution in [-0.4, -0.2) is 44.9 Å². The van der Waals surface area contributed by atoms with Gasteiger partial charge in [-0.25, -0.2) is 9.78 Å². The highest BCUT2D eigenvalue weighted by atomic mass is 79.9. The number of ether oxygens (including phenoxy) is 2. The summed E-state index contributed by atoms with van der Waals surface area (Å²) >= 11 is 3.58. The van der Waals surface area contributed by atoms with Gasteiger partial charge in [0.2, 0.25) is 0 Å². The number of carbonyl (C=O) groups is 2. The zero-order valence-corrected chi connectivity index (χ0v) is 20.8. The fourth-order valence-electron chi connectivity index (χ4n) is 3.90. The molecule has 4 rings (SSSR count).